The van der Waals surface area contributed by atoms with Gasteiger partial charge in [-0.1, -0.05) is 6.92 Å². The van der Waals surface area contributed by atoms with E-state index >= 15 is 0 Å². The molecular formula is C12H23N3O4S. The van der Waals surface area contributed by atoms with Crippen molar-refractivity contribution in [3.8, 4) is 0 Å². The van der Waals surface area contributed by atoms with Crippen LogP contribution < -0.4 is 5.14 Å². The predicted molar refractivity (Wildman–Crippen MR) is 73.9 cm³/mol. The molecule has 8 heteroatoms. The molecule has 0 spiro atoms. The molecule has 2 N–H and O–H groups in total. The number of amides is 1. The van der Waals surface area contributed by atoms with E-state index in [2.05, 4.69) is 0 Å². The number of ether oxygens (including phenoxy) is 1. The van der Waals surface area contributed by atoms with Gasteiger partial charge in [0.25, 0.3) is 10.2 Å². The molecule has 20 heavy (non-hydrogen) atoms. The van der Waals surface area contributed by atoms with Gasteiger partial charge >= 0.3 is 0 Å². The van der Waals surface area contributed by atoms with Crippen LogP contribution in [0.1, 0.15) is 20.8 Å². The zero-order valence-corrected chi connectivity index (χ0v) is 13.0. The van der Waals surface area contributed by atoms with E-state index in [0.29, 0.717) is 13.1 Å². The van der Waals surface area contributed by atoms with Crippen molar-refractivity contribution in [3.05, 3.63) is 0 Å². The van der Waals surface area contributed by atoms with Gasteiger partial charge in [0, 0.05) is 26.2 Å². The highest BCUT2D eigenvalue weighted by atomic mass is 32.2. The summed E-state index contributed by atoms with van der Waals surface area (Å²) in [6, 6.07) is 0. The maximum absolute atomic E-state index is 12.6. The number of piperazine rings is 1. The number of nitrogens with zero attached hydrogens (tertiary/aromatic N) is 2. The van der Waals surface area contributed by atoms with Crippen molar-refractivity contribution in [2.45, 2.75) is 33.0 Å². The average Bonchev–Trinajstić information content (AvgIpc) is 2.62. The van der Waals surface area contributed by atoms with Gasteiger partial charge in [0.1, 0.15) is 0 Å². The van der Waals surface area contributed by atoms with Gasteiger partial charge in [0.15, 0.2) is 0 Å². The largest absolute Gasteiger partial charge is 0.374 e. The third kappa shape index (κ3) is 2.98. The molecule has 4 unspecified atom stereocenters. The van der Waals surface area contributed by atoms with Crippen LogP contribution in [0.2, 0.25) is 0 Å². The van der Waals surface area contributed by atoms with Gasteiger partial charge in [-0.3, -0.25) is 4.79 Å². The van der Waals surface area contributed by atoms with Gasteiger partial charge in [0.2, 0.25) is 5.91 Å². The number of hydrogen-bond donors (Lipinski definition) is 1. The van der Waals surface area contributed by atoms with Crippen LogP contribution in [0, 0.1) is 11.8 Å². The maximum Gasteiger partial charge on any atom is 0.277 e. The van der Waals surface area contributed by atoms with Crippen LogP contribution in [0.15, 0.2) is 0 Å². The summed E-state index contributed by atoms with van der Waals surface area (Å²) in [6.07, 6.45) is -0.0200. The quantitative estimate of drug-likeness (QED) is 0.737. The molecular weight excluding hydrogens is 282 g/mol. The molecule has 4 atom stereocenters. The molecule has 0 saturated carbocycles. The van der Waals surface area contributed by atoms with E-state index in [4.69, 9.17) is 9.88 Å². The molecule has 7 nitrogen and oxygen atoms in total. The number of carbonyl (C=O) groups is 1. The second-order valence-corrected chi connectivity index (χ2v) is 7.25. The van der Waals surface area contributed by atoms with Crippen molar-refractivity contribution in [3.63, 3.8) is 0 Å². The summed E-state index contributed by atoms with van der Waals surface area (Å²) in [5, 5.41) is 5.09. The van der Waals surface area contributed by atoms with E-state index in [0.717, 1.165) is 0 Å². The second-order valence-electron chi connectivity index (χ2n) is 5.70. The molecule has 2 saturated heterocycles. The van der Waals surface area contributed by atoms with Crippen molar-refractivity contribution < 1.29 is 17.9 Å². The Hall–Kier alpha value is -0.700. The molecule has 2 aliphatic heterocycles. The van der Waals surface area contributed by atoms with E-state index in [1.54, 1.807) is 4.90 Å². The Morgan fingerprint density at radius 2 is 1.65 bits per heavy atom. The summed E-state index contributed by atoms with van der Waals surface area (Å²) in [5.41, 5.74) is 0. The molecule has 0 aromatic heterocycles. The lowest BCUT2D eigenvalue weighted by Crippen LogP contribution is -2.54. The van der Waals surface area contributed by atoms with Crippen LogP contribution in [0.4, 0.5) is 0 Å². The first-order valence-corrected chi connectivity index (χ1v) is 8.44. The van der Waals surface area contributed by atoms with Crippen molar-refractivity contribution in [1.29, 1.82) is 0 Å². The van der Waals surface area contributed by atoms with Crippen molar-refractivity contribution in [2.24, 2.45) is 17.0 Å². The fourth-order valence-corrected chi connectivity index (χ4v) is 3.74. The van der Waals surface area contributed by atoms with Gasteiger partial charge in [0.05, 0.1) is 18.1 Å². The first-order valence-electron chi connectivity index (χ1n) is 6.94. The summed E-state index contributed by atoms with van der Waals surface area (Å²) >= 11 is 0. The minimum atomic E-state index is -3.65. The summed E-state index contributed by atoms with van der Waals surface area (Å²) < 4.78 is 29.4. The number of hydrogen-bond acceptors (Lipinski definition) is 4. The van der Waals surface area contributed by atoms with E-state index < -0.39 is 10.2 Å². The lowest BCUT2D eigenvalue weighted by atomic mass is 9.88. The molecule has 0 aromatic carbocycles. The smallest absolute Gasteiger partial charge is 0.277 e. The van der Waals surface area contributed by atoms with E-state index in [1.807, 2.05) is 20.8 Å². The monoisotopic (exact) mass is 305 g/mol. The zero-order chi connectivity index (χ0) is 15.1. The topological polar surface area (TPSA) is 92.9 Å². The molecule has 2 rings (SSSR count). The number of rotatable bonds is 2. The first-order chi connectivity index (χ1) is 9.21. The van der Waals surface area contributed by atoms with E-state index in [-0.39, 0.29) is 43.0 Å². The van der Waals surface area contributed by atoms with Crippen LogP contribution >= 0.6 is 0 Å². The molecule has 2 fully saturated rings. The van der Waals surface area contributed by atoms with Gasteiger partial charge in [-0.15, -0.1) is 0 Å². The number of carbonyl (C=O) groups excluding carboxylic acids is 1. The molecule has 2 heterocycles. The molecule has 2 aliphatic rings. The Morgan fingerprint density at radius 1 is 1.10 bits per heavy atom. The minimum absolute atomic E-state index is 0.0587. The fourth-order valence-electron chi connectivity index (χ4n) is 3.07. The van der Waals surface area contributed by atoms with Crippen molar-refractivity contribution in [1.82, 2.24) is 9.21 Å². The van der Waals surface area contributed by atoms with Crippen molar-refractivity contribution in [2.75, 3.05) is 26.2 Å². The Morgan fingerprint density at radius 3 is 2.05 bits per heavy atom. The Balaban J connectivity index is 1.99. The predicted octanol–water partition coefficient (Wildman–Crippen LogP) is -0.606. The van der Waals surface area contributed by atoms with E-state index in [9.17, 15) is 13.2 Å². The third-order valence-corrected chi connectivity index (χ3v) is 5.52. The Labute approximate surface area is 120 Å². The molecule has 1 amide bonds. The van der Waals surface area contributed by atoms with Gasteiger partial charge in [-0.05, 0) is 19.8 Å². The lowest BCUT2D eigenvalue weighted by Gasteiger charge is -2.35. The molecule has 0 aromatic rings. The normalized spacial score (nSPS) is 36.3. The highest BCUT2D eigenvalue weighted by Crippen LogP contribution is 2.33. The SMILES string of the molecule is CC1OC(C)C(C(=O)N2CCN(S(N)(=O)=O)CC2)C1C. The summed E-state index contributed by atoms with van der Waals surface area (Å²) in [4.78, 5) is 14.3. The Bertz CT molecular complexity index is 473. The Kier molecular flexibility index (Phi) is 4.38. The lowest BCUT2D eigenvalue weighted by molar-refractivity contribution is -0.139. The van der Waals surface area contributed by atoms with Crippen LogP contribution in [0.3, 0.4) is 0 Å². The summed E-state index contributed by atoms with van der Waals surface area (Å²) in [7, 11) is -3.65. The maximum atomic E-state index is 12.6. The standard InChI is InChI=1S/C12H23N3O4S/c1-8-9(2)19-10(3)11(8)12(16)14-4-6-15(7-5-14)20(13,17)18/h8-11H,4-7H2,1-3H3,(H2,13,17,18). The molecule has 0 bridgehead atoms. The highest BCUT2D eigenvalue weighted by molar-refractivity contribution is 7.86. The van der Waals surface area contributed by atoms with Gasteiger partial charge < -0.3 is 9.64 Å². The van der Waals surface area contributed by atoms with Gasteiger partial charge in [-0.2, -0.15) is 12.7 Å². The molecule has 0 radical (unpaired) electrons. The van der Waals surface area contributed by atoms with Crippen LogP contribution in [0.5, 0.6) is 0 Å². The molecule has 0 aliphatic carbocycles. The zero-order valence-electron chi connectivity index (χ0n) is 12.2. The first kappa shape index (κ1) is 15.7. The summed E-state index contributed by atoms with van der Waals surface area (Å²) in [5.74, 6) is 0.0863. The van der Waals surface area contributed by atoms with E-state index in [1.165, 1.54) is 4.31 Å². The summed E-state index contributed by atoms with van der Waals surface area (Å²) in [6.45, 7) is 7.22. The van der Waals surface area contributed by atoms with Crippen LogP contribution in [-0.2, 0) is 19.7 Å². The van der Waals surface area contributed by atoms with Crippen LogP contribution in [0.25, 0.3) is 0 Å². The highest BCUT2D eigenvalue weighted by Gasteiger charge is 2.43. The molecule has 116 valence electrons. The van der Waals surface area contributed by atoms with Crippen molar-refractivity contribution >= 4 is 16.1 Å². The van der Waals surface area contributed by atoms with Crippen LogP contribution in [-0.4, -0.2) is 61.9 Å². The number of nitrogens with two attached hydrogens (primary N) is 1. The fraction of sp³-hybridized carbons (Fsp3) is 0.917. The van der Waals surface area contributed by atoms with Gasteiger partial charge in [-0.25, -0.2) is 5.14 Å². The third-order valence-electron chi connectivity index (χ3n) is 4.44. The second kappa shape index (κ2) is 5.59. The average molecular weight is 305 g/mol. The minimum Gasteiger partial charge on any atom is -0.374 e.